The van der Waals surface area contributed by atoms with Crippen LogP contribution in [0.25, 0.3) is 21.5 Å². The zero-order valence-corrected chi connectivity index (χ0v) is 14.4. The Morgan fingerprint density at radius 2 is 1.67 bits per heavy atom. The maximum Gasteiger partial charge on any atom is 0.314 e. The molecule has 27 heavy (non-hydrogen) atoms. The van der Waals surface area contributed by atoms with E-state index in [2.05, 4.69) is 26.6 Å². The Balaban J connectivity index is 1.94. The summed E-state index contributed by atoms with van der Waals surface area (Å²) in [6.45, 7) is 1.72. The third-order valence-electron chi connectivity index (χ3n) is 5.16. The summed E-state index contributed by atoms with van der Waals surface area (Å²) in [5, 5.41) is 25.8. The molecule has 1 aromatic heterocycles. The number of rotatable bonds is 2. The fraction of sp³-hybridized carbons (Fsp3) is 0.150. The number of carboxylic acids is 1. The number of aromatic nitrogens is 4. The molecule has 1 aliphatic heterocycles. The molecule has 7 nitrogen and oxygen atoms in total. The third kappa shape index (κ3) is 2.25. The van der Waals surface area contributed by atoms with Gasteiger partial charge in [-0.1, -0.05) is 53.6 Å². The van der Waals surface area contributed by atoms with Crippen LogP contribution >= 0.6 is 0 Å². The van der Waals surface area contributed by atoms with E-state index in [-0.39, 0.29) is 0 Å². The number of hydrogen-bond donors (Lipinski definition) is 1. The van der Waals surface area contributed by atoms with Crippen molar-refractivity contribution in [3.63, 3.8) is 0 Å². The van der Waals surface area contributed by atoms with E-state index in [0.29, 0.717) is 11.7 Å². The van der Waals surface area contributed by atoms with Crippen molar-refractivity contribution >= 4 is 39.2 Å². The van der Waals surface area contributed by atoms with Crippen molar-refractivity contribution in [3.05, 3.63) is 60.2 Å². The van der Waals surface area contributed by atoms with Crippen LogP contribution in [0.3, 0.4) is 0 Å². The third-order valence-corrected chi connectivity index (χ3v) is 5.16. The summed E-state index contributed by atoms with van der Waals surface area (Å²) < 4.78 is 1.53. The average Bonchev–Trinajstić information content (AvgIpc) is 3.13. The van der Waals surface area contributed by atoms with Crippen LogP contribution in [0.1, 0.15) is 18.5 Å². The highest BCUT2D eigenvalue weighted by molar-refractivity contribution is 6.07. The number of hydrogen-bond acceptors (Lipinski definition) is 5. The van der Waals surface area contributed by atoms with E-state index in [4.69, 9.17) is 0 Å². The second-order valence-corrected chi connectivity index (χ2v) is 6.67. The van der Waals surface area contributed by atoms with E-state index in [0.717, 1.165) is 27.1 Å². The van der Waals surface area contributed by atoms with Crippen molar-refractivity contribution in [1.82, 2.24) is 20.2 Å². The molecule has 2 unspecified atom stereocenters. The highest BCUT2D eigenvalue weighted by atomic mass is 16.4. The van der Waals surface area contributed by atoms with Gasteiger partial charge in [-0.25, -0.2) is 9.67 Å². The SMILES string of the molecule is CC1=Nc2nnnn2C(c2c3ccccc3cc3ccccc23)C1C(=O)O. The number of fused-ring (bicyclic) bond motifs is 3. The first-order chi connectivity index (χ1) is 13.1. The highest BCUT2D eigenvalue weighted by Gasteiger charge is 2.40. The number of nitrogens with zero attached hydrogens (tertiary/aromatic N) is 5. The average molecular weight is 357 g/mol. The lowest BCUT2D eigenvalue weighted by molar-refractivity contribution is -0.140. The summed E-state index contributed by atoms with van der Waals surface area (Å²) in [7, 11) is 0. The van der Waals surface area contributed by atoms with E-state index in [1.54, 1.807) is 6.92 Å². The molecule has 7 heteroatoms. The molecule has 3 aromatic carbocycles. The zero-order chi connectivity index (χ0) is 18.5. The van der Waals surface area contributed by atoms with Crippen molar-refractivity contribution in [1.29, 1.82) is 0 Å². The molecule has 0 spiro atoms. The van der Waals surface area contributed by atoms with Gasteiger partial charge in [-0.2, -0.15) is 0 Å². The zero-order valence-electron chi connectivity index (χ0n) is 14.4. The van der Waals surface area contributed by atoms with Crippen molar-refractivity contribution in [2.24, 2.45) is 10.9 Å². The Morgan fingerprint density at radius 1 is 1.04 bits per heavy atom. The van der Waals surface area contributed by atoms with Crippen LogP contribution < -0.4 is 0 Å². The van der Waals surface area contributed by atoms with Gasteiger partial charge < -0.3 is 5.11 Å². The van der Waals surface area contributed by atoms with Gasteiger partial charge in [-0.05, 0) is 50.5 Å². The van der Waals surface area contributed by atoms with Crippen LogP contribution in [0.2, 0.25) is 0 Å². The van der Waals surface area contributed by atoms with Crippen molar-refractivity contribution in [2.45, 2.75) is 13.0 Å². The summed E-state index contributed by atoms with van der Waals surface area (Å²) in [4.78, 5) is 16.5. The number of tetrazole rings is 1. The summed E-state index contributed by atoms with van der Waals surface area (Å²) in [5.41, 5.74) is 1.39. The second kappa shape index (κ2) is 5.70. The first-order valence-corrected chi connectivity index (χ1v) is 8.61. The Bertz CT molecular complexity index is 1190. The summed E-state index contributed by atoms with van der Waals surface area (Å²) in [5.74, 6) is -1.47. The van der Waals surface area contributed by atoms with Gasteiger partial charge in [0.1, 0.15) is 12.0 Å². The topological polar surface area (TPSA) is 93.3 Å². The molecule has 0 saturated heterocycles. The maximum atomic E-state index is 12.2. The predicted molar refractivity (Wildman–Crippen MR) is 101 cm³/mol. The van der Waals surface area contributed by atoms with E-state index in [1.165, 1.54) is 4.68 Å². The molecular weight excluding hydrogens is 342 g/mol. The molecule has 0 aliphatic carbocycles. The highest BCUT2D eigenvalue weighted by Crippen LogP contribution is 2.41. The van der Waals surface area contributed by atoms with Crippen molar-refractivity contribution in [3.8, 4) is 0 Å². The van der Waals surface area contributed by atoms with Gasteiger partial charge in [0, 0.05) is 5.71 Å². The van der Waals surface area contributed by atoms with E-state index >= 15 is 0 Å². The maximum absolute atomic E-state index is 12.2. The predicted octanol–water partition coefficient (Wildman–Crippen LogP) is 3.38. The lowest BCUT2D eigenvalue weighted by atomic mass is 9.83. The van der Waals surface area contributed by atoms with Gasteiger partial charge in [0.15, 0.2) is 0 Å². The van der Waals surface area contributed by atoms with Crippen LogP contribution in [0.4, 0.5) is 5.95 Å². The van der Waals surface area contributed by atoms with Gasteiger partial charge in [-0.15, -0.1) is 0 Å². The molecule has 2 heterocycles. The molecule has 0 bridgehead atoms. The largest absolute Gasteiger partial charge is 0.481 e. The summed E-state index contributed by atoms with van der Waals surface area (Å²) in [6.07, 6.45) is 0. The molecule has 0 fully saturated rings. The Hall–Kier alpha value is -3.61. The standard InChI is InChI=1S/C20H15N5O2/c1-11-16(19(26)27)18(25-20(21-11)22-23-24-25)17-14-8-4-2-6-12(14)10-13-7-3-5-9-15(13)17/h2-10,16,18H,1H3,(H,26,27). The lowest BCUT2D eigenvalue weighted by Gasteiger charge is -2.29. The minimum atomic E-state index is -0.945. The summed E-state index contributed by atoms with van der Waals surface area (Å²) >= 11 is 0. The molecule has 0 saturated carbocycles. The van der Waals surface area contributed by atoms with Gasteiger partial charge in [-0.3, -0.25) is 4.79 Å². The first kappa shape index (κ1) is 15.6. The molecule has 0 amide bonds. The molecule has 5 rings (SSSR count). The Labute approximate surface area is 154 Å². The van der Waals surface area contributed by atoms with Gasteiger partial charge >= 0.3 is 5.97 Å². The molecule has 0 radical (unpaired) electrons. The lowest BCUT2D eigenvalue weighted by Crippen LogP contribution is -2.36. The van der Waals surface area contributed by atoms with E-state index in [1.807, 2.05) is 48.5 Å². The van der Waals surface area contributed by atoms with Crippen LogP contribution in [0.15, 0.2) is 59.6 Å². The van der Waals surface area contributed by atoms with Crippen LogP contribution in [-0.4, -0.2) is 37.0 Å². The molecular formula is C20H15N5O2. The normalized spacial score (nSPS) is 19.1. The fourth-order valence-corrected chi connectivity index (χ4v) is 4.01. The van der Waals surface area contributed by atoms with Gasteiger partial charge in [0.2, 0.25) is 0 Å². The molecule has 2 atom stereocenters. The van der Waals surface area contributed by atoms with Gasteiger partial charge in [0.05, 0.1) is 0 Å². The fourth-order valence-electron chi connectivity index (χ4n) is 4.01. The minimum absolute atomic E-state index is 0.326. The Kier molecular flexibility index (Phi) is 3.30. The van der Waals surface area contributed by atoms with Crippen LogP contribution in [0, 0.1) is 5.92 Å². The van der Waals surface area contributed by atoms with Crippen LogP contribution in [-0.2, 0) is 4.79 Å². The monoisotopic (exact) mass is 357 g/mol. The quantitative estimate of drug-likeness (QED) is 0.555. The molecule has 4 aromatic rings. The first-order valence-electron chi connectivity index (χ1n) is 8.61. The van der Waals surface area contributed by atoms with Crippen molar-refractivity contribution < 1.29 is 9.90 Å². The minimum Gasteiger partial charge on any atom is -0.481 e. The number of benzene rings is 3. The Morgan fingerprint density at radius 3 is 2.30 bits per heavy atom. The smallest absolute Gasteiger partial charge is 0.314 e. The number of aliphatic carboxylic acids is 1. The number of carboxylic acid groups (broad SMARTS) is 1. The van der Waals surface area contributed by atoms with Crippen molar-refractivity contribution in [2.75, 3.05) is 0 Å². The second-order valence-electron chi connectivity index (χ2n) is 6.67. The molecule has 132 valence electrons. The molecule has 1 N–H and O–H groups in total. The van der Waals surface area contributed by atoms with E-state index < -0.39 is 17.9 Å². The molecule has 1 aliphatic rings. The van der Waals surface area contributed by atoms with E-state index in [9.17, 15) is 9.90 Å². The van der Waals surface area contributed by atoms with Crippen LogP contribution in [0.5, 0.6) is 0 Å². The summed E-state index contributed by atoms with van der Waals surface area (Å²) in [6, 6.07) is 17.5. The number of carbonyl (C=O) groups is 1. The van der Waals surface area contributed by atoms with Gasteiger partial charge in [0.25, 0.3) is 5.95 Å². The number of aliphatic imine (C=N–C) groups is 1.